The number of aliphatic hydroxyl groups excluding tert-OH is 1. The summed E-state index contributed by atoms with van der Waals surface area (Å²) in [6.45, 7) is 5.46. The van der Waals surface area contributed by atoms with Crippen molar-refractivity contribution >= 4 is 23.6 Å². The van der Waals surface area contributed by atoms with Gasteiger partial charge in [-0.2, -0.15) is 0 Å². The number of aromatic nitrogens is 1. The number of nitrogens with zero attached hydrogens (tertiary/aromatic N) is 2. The number of carboxylic acids is 1. The van der Waals surface area contributed by atoms with Crippen molar-refractivity contribution in [2.75, 3.05) is 0 Å². The molecule has 2 unspecified atom stereocenters. The Bertz CT molecular complexity index is 731. The summed E-state index contributed by atoms with van der Waals surface area (Å²) in [4.78, 5) is 30.2. The van der Waals surface area contributed by atoms with Crippen molar-refractivity contribution in [2.24, 2.45) is 11.8 Å². The van der Waals surface area contributed by atoms with Gasteiger partial charge in [-0.1, -0.05) is 13.0 Å². The highest BCUT2D eigenvalue weighted by atomic mass is 32.2. The van der Waals surface area contributed by atoms with Crippen LogP contribution >= 0.6 is 11.8 Å². The van der Waals surface area contributed by atoms with E-state index >= 15 is 0 Å². The predicted molar refractivity (Wildman–Crippen MR) is 89.9 cm³/mol. The lowest BCUT2D eigenvalue weighted by molar-refractivity contribution is -0.163. The summed E-state index contributed by atoms with van der Waals surface area (Å²) in [6, 6.07) is 1.75. The first kappa shape index (κ1) is 17.0. The average Bonchev–Trinajstić information content (AvgIpc) is 2.74. The second kappa shape index (κ2) is 6.22. The molecule has 1 aromatic rings. The van der Waals surface area contributed by atoms with E-state index in [-0.39, 0.29) is 23.6 Å². The van der Waals surface area contributed by atoms with Gasteiger partial charge in [0.05, 0.1) is 18.1 Å². The quantitative estimate of drug-likeness (QED) is 0.788. The minimum absolute atomic E-state index is 0.0695. The number of β-lactam (4-membered cyclic amide) rings is 1. The minimum Gasteiger partial charge on any atom is -0.477 e. The van der Waals surface area contributed by atoms with Crippen molar-refractivity contribution in [2.45, 2.75) is 38.7 Å². The number of aryl methyl sites for hydroxylation is 1. The molecule has 1 saturated heterocycles. The monoisotopic (exact) mass is 348 g/mol. The fourth-order valence-electron chi connectivity index (χ4n) is 3.57. The van der Waals surface area contributed by atoms with E-state index in [2.05, 4.69) is 4.98 Å². The van der Waals surface area contributed by atoms with Gasteiger partial charge in [0.2, 0.25) is 5.91 Å². The van der Waals surface area contributed by atoms with Gasteiger partial charge < -0.3 is 15.1 Å². The van der Waals surface area contributed by atoms with Crippen molar-refractivity contribution in [1.82, 2.24) is 9.88 Å². The first-order valence-corrected chi connectivity index (χ1v) is 8.83. The SMILES string of the molecule is Cc1cncc(CSC2=C(C(=O)O)N3C(=O)C([C@@H](C)O)C3[C@H]2C)c1. The normalized spacial score (nSPS) is 27.1. The van der Waals surface area contributed by atoms with Gasteiger partial charge in [-0.3, -0.25) is 9.78 Å². The van der Waals surface area contributed by atoms with Gasteiger partial charge in [0.15, 0.2) is 0 Å². The van der Waals surface area contributed by atoms with E-state index in [0.29, 0.717) is 10.7 Å². The van der Waals surface area contributed by atoms with Crippen molar-refractivity contribution < 1.29 is 19.8 Å². The zero-order chi connectivity index (χ0) is 17.6. The van der Waals surface area contributed by atoms with Crippen molar-refractivity contribution in [3.63, 3.8) is 0 Å². The first-order chi connectivity index (χ1) is 11.3. The van der Waals surface area contributed by atoms with Crippen LogP contribution in [0.5, 0.6) is 0 Å². The van der Waals surface area contributed by atoms with Gasteiger partial charge in [-0.25, -0.2) is 4.79 Å². The summed E-state index contributed by atoms with van der Waals surface area (Å²) < 4.78 is 0. The molecule has 7 heteroatoms. The van der Waals surface area contributed by atoms with Crippen LogP contribution in [-0.2, 0) is 15.3 Å². The number of thioether (sulfide) groups is 1. The van der Waals surface area contributed by atoms with E-state index in [1.54, 1.807) is 19.3 Å². The van der Waals surface area contributed by atoms with Crippen LogP contribution < -0.4 is 0 Å². The first-order valence-electron chi connectivity index (χ1n) is 7.84. The number of rotatable bonds is 5. The van der Waals surface area contributed by atoms with Crippen LogP contribution in [0.1, 0.15) is 25.0 Å². The molecule has 1 fully saturated rings. The number of carbonyl (C=O) groups is 2. The lowest BCUT2D eigenvalue weighted by Gasteiger charge is -2.46. The summed E-state index contributed by atoms with van der Waals surface area (Å²) in [7, 11) is 0. The van der Waals surface area contributed by atoms with Gasteiger partial charge in [0, 0.05) is 29.0 Å². The van der Waals surface area contributed by atoms with Crippen molar-refractivity contribution in [3.05, 3.63) is 40.2 Å². The summed E-state index contributed by atoms with van der Waals surface area (Å²) in [5, 5.41) is 19.4. The minimum atomic E-state index is -1.09. The second-order valence-electron chi connectivity index (χ2n) is 6.43. The molecule has 4 atom stereocenters. The van der Waals surface area contributed by atoms with E-state index in [1.165, 1.54) is 16.7 Å². The molecule has 3 heterocycles. The Hall–Kier alpha value is -1.86. The van der Waals surface area contributed by atoms with Gasteiger partial charge >= 0.3 is 5.97 Å². The summed E-state index contributed by atoms with van der Waals surface area (Å²) in [6.07, 6.45) is 2.76. The third-order valence-electron chi connectivity index (χ3n) is 4.64. The number of amides is 1. The maximum atomic E-state index is 12.3. The Morgan fingerprint density at radius 1 is 1.46 bits per heavy atom. The van der Waals surface area contributed by atoms with Crippen LogP contribution in [0.15, 0.2) is 29.1 Å². The van der Waals surface area contributed by atoms with Crippen molar-refractivity contribution in [1.29, 1.82) is 0 Å². The third-order valence-corrected chi connectivity index (χ3v) is 5.99. The topological polar surface area (TPSA) is 90.7 Å². The summed E-state index contributed by atoms with van der Waals surface area (Å²) in [5.41, 5.74) is 2.13. The van der Waals surface area contributed by atoms with Gasteiger partial charge in [-0.05, 0) is 25.0 Å². The lowest BCUT2D eigenvalue weighted by atomic mass is 9.79. The van der Waals surface area contributed by atoms with Crippen LogP contribution in [0.3, 0.4) is 0 Å². The van der Waals surface area contributed by atoms with Gasteiger partial charge in [0.1, 0.15) is 5.70 Å². The van der Waals surface area contributed by atoms with Gasteiger partial charge in [-0.15, -0.1) is 11.8 Å². The standard InChI is InChI=1S/C17H20N2O4S/c1-8-4-11(6-18-5-8)7-24-15-9(2)13-12(10(3)20)16(21)19(13)14(15)17(22)23/h4-6,9-10,12-13,20H,7H2,1-3H3,(H,22,23)/t9-,10-,12?,13?/m1/s1. The molecule has 0 bridgehead atoms. The molecule has 0 spiro atoms. The Labute approximate surface area is 144 Å². The van der Waals surface area contributed by atoms with Crippen LogP contribution in [0.4, 0.5) is 0 Å². The molecule has 1 aromatic heterocycles. The molecule has 1 amide bonds. The number of carboxylic acid groups (broad SMARTS) is 1. The largest absolute Gasteiger partial charge is 0.477 e. The molecule has 6 nitrogen and oxygen atoms in total. The Morgan fingerprint density at radius 3 is 2.75 bits per heavy atom. The fraction of sp³-hybridized carbons (Fsp3) is 0.471. The molecular formula is C17H20N2O4S. The lowest BCUT2D eigenvalue weighted by Crippen LogP contribution is -2.63. The molecule has 128 valence electrons. The number of aliphatic hydroxyl groups is 1. The zero-order valence-corrected chi connectivity index (χ0v) is 14.6. The maximum Gasteiger partial charge on any atom is 0.353 e. The summed E-state index contributed by atoms with van der Waals surface area (Å²) >= 11 is 1.44. The molecule has 0 radical (unpaired) electrons. The average molecular weight is 348 g/mol. The number of hydrogen-bond acceptors (Lipinski definition) is 5. The number of carbonyl (C=O) groups excluding carboxylic acids is 1. The van der Waals surface area contributed by atoms with Gasteiger partial charge in [0.25, 0.3) is 0 Å². The second-order valence-corrected chi connectivity index (χ2v) is 7.45. The fourth-order valence-corrected chi connectivity index (χ4v) is 4.78. The highest BCUT2D eigenvalue weighted by Gasteiger charge is 2.59. The highest BCUT2D eigenvalue weighted by Crippen LogP contribution is 2.50. The molecule has 0 aliphatic carbocycles. The van der Waals surface area contributed by atoms with Crippen molar-refractivity contribution in [3.8, 4) is 0 Å². The molecule has 0 saturated carbocycles. The number of fused-ring (bicyclic) bond motifs is 1. The highest BCUT2D eigenvalue weighted by molar-refractivity contribution is 8.02. The molecule has 24 heavy (non-hydrogen) atoms. The van der Waals surface area contributed by atoms with E-state index in [1.807, 2.05) is 19.9 Å². The molecule has 0 aromatic carbocycles. The van der Waals surface area contributed by atoms with Crippen LogP contribution in [0, 0.1) is 18.8 Å². The Balaban J connectivity index is 1.85. The van der Waals surface area contributed by atoms with Crippen LogP contribution in [0.2, 0.25) is 0 Å². The Kier molecular flexibility index (Phi) is 4.40. The maximum absolute atomic E-state index is 12.3. The van der Waals surface area contributed by atoms with E-state index in [0.717, 1.165) is 11.1 Å². The summed E-state index contributed by atoms with van der Waals surface area (Å²) in [5.74, 6) is -1.41. The molecular weight excluding hydrogens is 328 g/mol. The van der Waals surface area contributed by atoms with E-state index in [4.69, 9.17) is 0 Å². The molecule has 2 N–H and O–H groups in total. The van der Waals surface area contributed by atoms with E-state index < -0.39 is 18.0 Å². The molecule has 3 rings (SSSR count). The molecule has 2 aliphatic heterocycles. The van der Waals surface area contributed by atoms with Crippen LogP contribution in [0.25, 0.3) is 0 Å². The third kappa shape index (κ3) is 2.61. The predicted octanol–water partition coefficient (Wildman–Crippen LogP) is 1.78. The Morgan fingerprint density at radius 2 is 2.17 bits per heavy atom. The number of hydrogen-bond donors (Lipinski definition) is 2. The smallest absolute Gasteiger partial charge is 0.353 e. The number of pyridine rings is 1. The van der Waals surface area contributed by atoms with Crippen LogP contribution in [-0.4, -0.2) is 44.1 Å². The molecule has 2 aliphatic rings. The number of aliphatic carboxylic acids is 1. The van der Waals surface area contributed by atoms with E-state index in [9.17, 15) is 19.8 Å². The zero-order valence-electron chi connectivity index (χ0n) is 13.8.